The van der Waals surface area contributed by atoms with Gasteiger partial charge in [-0.15, -0.1) is 0 Å². The van der Waals surface area contributed by atoms with Crippen LogP contribution in [0.1, 0.15) is 156 Å². The van der Waals surface area contributed by atoms with Crippen LogP contribution in [-0.4, -0.2) is 45.8 Å². The second-order valence-electron chi connectivity index (χ2n) is 13.9. The van der Waals surface area contributed by atoms with Gasteiger partial charge in [0, 0.05) is 7.74 Å². The van der Waals surface area contributed by atoms with Crippen LogP contribution in [0.25, 0.3) is 0 Å². The Labute approximate surface area is 252 Å². The van der Waals surface area contributed by atoms with Crippen molar-refractivity contribution in [2.45, 2.75) is 189 Å². The van der Waals surface area contributed by atoms with Crippen LogP contribution in [0.15, 0.2) is 0 Å². The van der Waals surface area contributed by atoms with Crippen molar-refractivity contribution in [2.24, 2.45) is 5.92 Å². The van der Waals surface area contributed by atoms with Crippen molar-refractivity contribution in [1.82, 2.24) is 0 Å². The van der Waals surface area contributed by atoms with Gasteiger partial charge in [0.25, 0.3) is 0 Å². The van der Waals surface area contributed by atoms with E-state index < -0.39 is 0 Å². The molecule has 0 amide bonds. The molecule has 3 aliphatic rings. The summed E-state index contributed by atoms with van der Waals surface area (Å²) in [4.78, 5) is 0. The molecule has 0 nitrogen and oxygen atoms in total. The highest BCUT2D eigenvalue weighted by Gasteiger charge is 2.44. The van der Waals surface area contributed by atoms with Gasteiger partial charge in [0.1, 0.15) is 0 Å². The Bertz CT molecular complexity index is 616. The summed E-state index contributed by atoms with van der Waals surface area (Å²) in [5, 5.41) is 1.48. The zero-order chi connectivity index (χ0) is 27.4. The highest BCUT2D eigenvalue weighted by atomic mass is 32.2. The van der Waals surface area contributed by atoms with Crippen LogP contribution in [0.4, 0.5) is 0 Å². The van der Waals surface area contributed by atoms with Crippen molar-refractivity contribution < 1.29 is 0 Å². The molecule has 1 heterocycles. The van der Waals surface area contributed by atoms with Crippen molar-refractivity contribution in [3.63, 3.8) is 0 Å². The fourth-order valence-corrected chi connectivity index (χ4v) is 10.5. The summed E-state index contributed by atoms with van der Waals surface area (Å²) in [6.45, 7) is 14.8. The lowest BCUT2D eigenvalue weighted by Crippen LogP contribution is -2.45. The zero-order valence-electron chi connectivity index (χ0n) is 25.7. The van der Waals surface area contributed by atoms with Crippen molar-refractivity contribution in [3.8, 4) is 0 Å². The van der Waals surface area contributed by atoms with Crippen molar-refractivity contribution in [1.29, 1.82) is 0 Å². The molecule has 6 radical (unpaired) electrons. The zero-order valence-corrected chi connectivity index (χ0v) is 27.4. The van der Waals surface area contributed by atoms with Gasteiger partial charge >= 0.3 is 0 Å². The molecule has 3 fully saturated rings. The molecule has 6 unspecified atom stereocenters. The smallest absolute Gasteiger partial charge is 0.195 e. The van der Waals surface area contributed by atoms with E-state index >= 15 is 0 Å². The fraction of sp³-hybridized carbons (Fsp3) is 1.00. The van der Waals surface area contributed by atoms with Crippen LogP contribution in [0, 0.1) is 5.92 Å². The minimum atomic E-state index is -0.295. The lowest BCUT2D eigenvalue weighted by atomic mass is 9.07. The van der Waals surface area contributed by atoms with Crippen LogP contribution in [0.3, 0.4) is 0 Å². The van der Waals surface area contributed by atoms with Gasteiger partial charge in [0.2, 0.25) is 0 Å². The third-order valence-electron chi connectivity index (χ3n) is 11.0. The highest BCUT2D eigenvalue weighted by molar-refractivity contribution is 8.23. The topological polar surface area (TPSA) is 0 Å². The van der Waals surface area contributed by atoms with Crippen molar-refractivity contribution >= 4 is 58.5 Å². The third kappa shape index (κ3) is 10.4. The summed E-state index contributed by atoms with van der Waals surface area (Å²) >= 11 is 4.51. The lowest BCUT2D eigenvalue weighted by molar-refractivity contribution is 0.293. The normalized spacial score (nSPS) is 34.3. The first-order valence-corrected chi connectivity index (χ1v) is 18.7. The Balaban J connectivity index is 1.77. The van der Waals surface area contributed by atoms with Gasteiger partial charge in [0.15, 0.2) is 13.1 Å². The van der Waals surface area contributed by atoms with Gasteiger partial charge in [-0.05, 0) is 35.7 Å². The quantitative estimate of drug-likeness (QED) is 0.314. The van der Waals surface area contributed by atoms with Crippen molar-refractivity contribution in [3.05, 3.63) is 0 Å². The molecule has 0 aromatic carbocycles. The second kappa shape index (κ2) is 17.2. The van der Waals surface area contributed by atoms with Crippen LogP contribution in [0.2, 0.25) is 22.2 Å². The molecule has 6 atom stereocenters. The molecule has 2 aliphatic carbocycles. The molecule has 2 saturated carbocycles. The molecule has 7 heteroatoms. The first-order chi connectivity index (χ1) is 18.3. The summed E-state index contributed by atoms with van der Waals surface area (Å²) in [5.41, 5.74) is 0. The largest absolute Gasteiger partial charge is 0.214 e. The number of hydrogen-bond donors (Lipinski definition) is 0. The molecule has 1 saturated heterocycles. The predicted molar refractivity (Wildman–Crippen MR) is 183 cm³/mol. The van der Waals surface area contributed by atoms with Crippen LogP contribution in [-0.2, 0) is 0 Å². The molecule has 0 N–H and O–H groups in total. The minimum Gasteiger partial charge on any atom is -0.214 e. The maximum absolute atomic E-state index is 7.04. The van der Waals surface area contributed by atoms with E-state index in [1.807, 2.05) is 0 Å². The molecule has 208 valence electrons. The van der Waals surface area contributed by atoms with Crippen LogP contribution < -0.4 is 0 Å². The average molecular weight is 548 g/mol. The molecule has 38 heavy (non-hydrogen) atoms. The van der Waals surface area contributed by atoms with E-state index in [1.54, 1.807) is 0 Å². The van der Waals surface area contributed by atoms with Gasteiger partial charge in [-0.1, -0.05) is 159 Å². The van der Waals surface area contributed by atoms with Crippen LogP contribution >= 0.6 is 23.2 Å². The lowest BCUT2D eigenvalue weighted by Gasteiger charge is -2.48. The van der Waals surface area contributed by atoms with Gasteiger partial charge in [0.05, 0.1) is 14.4 Å². The van der Waals surface area contributed by atoms with Gasteiger partial charge in [-0.25, -0.2) is 23.2 Å². The van der Waals surface area contributed by atoms with E-state index in [9.17, 15) is 0 Å². The number of fused-ring (bicyclic) bond motifs is 6. The van der Waals surface area contributed by atoms with Gasteiger partial charge in [-0.2, -0.15) is 0 Å². The Kier molecular flexibility index (Phi) is 15.2. The van der Waals surface area contributed by atoms with E-state index in [4.69, 9.17) is 15.6 Å². The monoisotopic (exact) mass is 548 g/mol. The van der Waals surface area contributed by atoms with Gasteiger partial charge < -0.3 is 0 Å². The first kappa shape index (κ1) is 33.5. The maximum atomic E-state index is 7.04. The Morgan fingerprint density at radius 1 is 0.658 bits per heavy atom. The average Bonchev–Trinajstić information content (AvgIpc) is 2.95. The number of hydrogen-bond acceptors (Lipinski definition) is 2. The minimum absolute atomic E-state index is 0.0495. The number of rotatable bonds is 5. The van der Waals surface area contributed by atoms with E-state index in [2.05, 4.69) is 64.0 Å². The molecule has 0 aromatic heterocycles. The van der Waals surface area contributed by atoms with E-state index in [-0.39, 0.29) is 17.1 Å². The molecular weight excluding hydrogens is 491 g/mol. The Morgan fingerprint density at radius 2 is 1.11 bits per heavy atom. The second-order valence-corrected chi connectivity index (χ2v) is 16.4. The summed E-state index contributed by atoms with van der Waals surface area (Å²) in [5.74, 6) is 2.23. The highest BCUT2D eigenvalue weighted by Crippen LogP contribution is 2.53. The van der Waals surface area contributed by atoms with E-state index in [1.165, 1.54) is 116 Å². The Hall–Kier alpha value is 1.02. The molecular formula is C31H57B5S2. The SMILES string of the molecule is [B]B(C([B])(C)CC)C(C)(CC)C1CCCC2[B]SC3CCCCCCCCC(C3)S[B]C(CCC2)CCC1. The van der Waals surface area contributed by atoms with Crippen molar-refractivity contribution in [2.75, 3.05) is 0 Å². The standard InChI is InChI=1S/C31H57B5S2/c1-5-30(3,36(33)31(4,32)6-2)25-16-13-18-26-20-15-21-27(19-14-17-25)35-38-29-23-12-10-8-7-9-11-22-28(24-29)37-34-26/h25-29H,5-24H2,1-4H3. The van der Waals surface area contributed by atoms with E-state index in [0.717, 1.165) is 35.0 Å². The molecule has 3 rings (SSSR count). The Morgan fingerprint density at radius 3 is 1.55 bits per heavy atom. The summed E-state index contributed by atoms with van der Waals surface area (Å²) in [7, 11) is 13.8. The summed E-state index contributed by atoms with van der Waals surface area (Å²) < 4.78 is 0. The summed E-state index contributed by atoms with van der Waals surface area (Å²) in [6, 6.07) is 0. The summed E-state index contributed by atoms with van der Waals surface area (Å²) in [6.07, 6.45) is 27.3. The predicted octanol–water partition coefficient (Wildman–Crippen LogP) is 10.3. The molecule has 0 aromatic rings. The third-order valence-corrected chi connectivity index (χ3v) is 13.7. The molecule has 1 aliphatic heterocycles. The fourth-order valence-electron chi connectivity index (χ4n) is 7.67. The maximum Gasteiger partial charge on any atom is 0.195 e. The van der Waals surface area contributed by atoms with Crippen LogP contribution in [0.5, 0.6) is 0 Å². The van der Waals surface area contributed by atoms with E-state index in [0.29, 0.717) is 5.92 Å². The molecule has 4 bridgehead atoms. The van der Waals surface area contributed by atoms with Gasteiger partial charge in [-0.3, -0.25) is 0 Å². The molecule has 0 spiro atoms. The first-order valence-electron chi connectivity index (χ1n) is 16.8.